The minimum Gasteiger partial charge on any atom is -0.382 e. The standard InChI is InChI=1S/C16H23NO3/c1-12-5-3-4-6-13(12)14-11-15(14)16(18)17-7-8-20-10-9-19-2/h3-6,14-15H,7-11H2,1-2H3,(H,17,18)/t14-,15+/m0/s1. The summed E-state index contributed by atoms with van der Waals surface area (Å²) in [6, 6.07) is 8.31. The Bertz CT molecular complexity index is 447. The molecule has 4 heteroatoms. The number of methoxy groups -OCH3 is 1. The van der Waals surface area contributed by atoms with E-state index in [1.165, 1.54) is 11.1 Å². The Morgan fingerprint density at radius 3 is 2.85 bits per heavy atom. The van der Waals surface area contributed by atoms with Gasteiger partial charge in [-0.05, 0) is 30.4 Å². The Balaban J connectivity index is 1.67. The predicted molar refractivity (Wildman–Crippen MR) is 77.7 cm³/mol. The fourth-order valence-electron chi connectivity index (χ4n) is 2.45. The molecule has 0 aliphatic heterocycles. The van der Waals surface area contributed by atoms with E-state index >= 15 is 0 Å². The summed E-state index contributed by atoms with van der Waals surface area (Å²) in [7, 11) is 1.64. The molecule has 0 aromatic heterocycles. The zero-order chi connectivity index (χ0) is 14.4. The van der Waals surface area contributed by atoms with Crippen molar-refractivity contribution in [3.8, 4) is 0 Å². The number of ether oxygens (including phenoxy) is 2. The minimum absolute atomic E-state index is 0.134. The summed E-state index contributed by atoms with van der Waals surface area (Å²) >= 11 is 0. The molecule has 1 aromatic rings. The summed E-state index contributed by atoms with van der Waals surface area (Å²) in [5, 5.41) is 2.94. The molecule has 4 nitrogen and oxygen atoms in total. The van der Waals surface area contributed by atoms with Gasteiger partial charge in [0.2, 0.25) is 5.91 Å². The summed E-state index contributed by atoms with van der Waals surface area (Å²) < 4.78 is 10.2. The number of hydrogen-bond acceptors (Lipinski definition) is 3. The van der Waals surface area contributed by atoms with Crippen LogP contribution in [0.2, 0.25) is 0 Å². The van der Waals surface area contributed by atoms with E-state index in [1.54, 1.807) is 7.11 Å². The number of hydrogen-bond donors (Lipinski definition) is 1. The van der Waals surface area contributed by atoms with Gasteiger partial charge in [-0.1, -0.05) is 24.3 Å². The number of amides is 1. The van der Waals surface area contributed by atoms with E-state index in [-0.39, 0.29) is 11.8 Å². The van der Waals surface area contributed by atoms with Crippen molar-refractivity contribution in [2.75, 3.05) is 33.5 Å². The van der Waals surface area contributed by atoms with E-state index in [1.807, 2.05) is 12.1 Å². The van der Waals surface area contributed by atoms with E-state index in [2.05, 4.69) is 24.4 Å². The van der Waals surface area contributed by atoms with Crippen molar-refractivity contribution in [3.05, 3.63) is 35.4 Å². The highest BCUT2D eigenvalue weighted by Gasteiger charge is 2.44. The van der Waals surface area contributed by atoms with E-state index in [4.69, 9.17) is 9.47 Å². The van der Waals surface area contributed by atoms with Gasteiger partial charge in [0.15, 0.2) is 0 Å². The largest absolute Gasteiger partial charge is 0.382 e. The lowest BCUT2D eigenvalue weighted by molar-refractivity contribution is -0.122. The first-order chi connectivity index (χ1) is 9.74. The van der Waals surface area contributed by atoms with Crippen molar-refractivity contribution in [2.24, 2.45) is 5.92 Å². The summed E-state index contributed by atoms with van der Waals surface area (Å²) in [6.07, 6.45) is 0.960. The predicted octanol–water partition coefficient (Wildman–Crippen LogP) is 1.88. The molecule has 0 unspecified atom stereocenters. The van der Waals surface area contributed by atoms with Gasteiger partial charge in [0.25, 0.3) is 0 Å². The SMILES string of the molecule is COCCOCCNC(=O)[C@@H]1C[C@H]1c1ccccc1C. The van der Waals surface area contributed by atoms with E-state index in [9.17, 15) is 4.79 Å². The highest BCUT2D eigenvalue weighted by atomic mass is 16.5. The molecule has 1 aliphatic rings. The molecule has 0 bridgehead atoms. The van der Waals surface area contributed by atoms with Gasteiger partial charge in [-0.3, -0.25) is 4.79 Å². The van der Waals surface area contributed by atoms with E-state index in [0.717, 1.165) is 6.42 Å². The van der Waals surface area contributed by atoms with Crippen LogP contribution in [0.5, 0.6) is 0 Å². The van der Waals surface area contributed by atoms with Crippen molar-refractivity contribution >= 4 is 5.91 Å². The van der Waals surface area contributed by atoms with Crippen LogP contribution in [0.4, 0.5) is 0 Å². The Hall–Kier alpha value is -1.39. The molecule has 0 heterocycles. The van der Waals surface area contributed by atoms with Gasteiger partial charge in [-0.2, -0.15) is 0 Å². The Labute approximate surface area is 120 Å². The zero-order valence-electron chi connectivity index (χ0n) is 12.2. The molecule has 1 aromatic carbocycles. The van der Waals surface area contributed by atoms with Crippen LogP contribution in [0.3, 0.4) is 0 Å². The number of rotatable bonds is 8. The molecule has 1 aliphatic carbocycles. The maximum atomic E-state index is 12.0. The molecule has 110 valence electrons. The van der Waals surface area contributed by atoms with Crippen molar-refractivity contribution in [1.29, 1.82) is 0 Å². The van der Waals surface area contributed by atoms with Gasteiger partial charge in [-0.15, -0.1) is 0 Å². The van der Waals surface area contributed by atoms with Gasteiger partial charge in [-0.25, -0.2) is 0 Å². The van der Waals surface area contributed by atoms with E-state index < -0.39 is 0 Å². The van der Waals surface area contributed by atoms with Gasteiger partial charge >= 0.3 is 0 Å². The number of nitrogens with one attached hydrogen (secondary N) is 1. The molecule has 1 N–H and O–H groups in total. The molecule has 1 amide bonds. The molecule has 1 saturated carbocycles. The minimum atomic E-state index is 0.134. The molecule has 0 spiro atoms. The Morgan fingerprint density at radius 2 is 2.10 bits per heavy atom. The second-order valence-corrected chi connectivity index (χ2v) is 5.20. The second-order valence-electron chi connectivity index (χ2n) is 5.20. The Kier molecular flexibility index (Phi) is 5.56. The second kappa shape index (κ2) is 7.41. The fourth-order valence-corrected chi connectivity index (χ4v) is 2.45. The van der Waals surface area contributed by atoms with Crippen molar-refractivity contribution in [1.82, 2.24) is 5.32 Å². The maximum Gasteiger partial charge on any atom is 0.223 e. The highest BCUT2D eigenvalue weighted by Crippen LogP contribution is 2.48. The highest BCUT2D eigenvalue weighted by molar-refractivity contribution is 5.83. The van der Waals surface area contributed by atoms with Crippen LogP contribution in [-0.4, -0.2) is 39.4 Å². The first-order valence-corrected chi connectivity index (χ1v) is 7.14. The third-order valence-corrected chi connectivity index (χ3v) is 3.69. The summed E-state index contributed by atoms with van der Waals surface area (Å²) in [5.41, 5.74) is 2.58. The van der Waals surface area contributed by atoms with E-state index in [0.29, 0.717) is 32.3 Å². The first-order valence-electron chi connectivity index (χ1n) is 7.14. The average Bonchev–Trinajstić information content (AvgIpc) is 3.23. The number of aryl methyl sites for hydroxylation is 1. The molecule has 2 atom stereocenters. The fraction of sp³-hybridized carbons (Fsp3) is 0.562. The number of carbonyl (C=O) groups is 1. The first kappa shape index (κ1) is 15.0. The van der Waals surface area contributed by atoms with Gasteiger partial charge < -0.3 is 14.8 Å². The van der Waals surface area contributed by atoms with Crippen molar-refractivity contribution in [2.45, 2.75) is 19.3 Å². The van der Waals surface area contributed by atoms with Crippen molar-refractivity contribution in [3.63, 3.8) is 0 Å². The lowest BCUT2D eigenvalue weighted by atomic mass is 10.0. The van der Waals surface area contributed by atoms with Gasteiger partial charge in [0.05, 0.1) is 19.8 Å². The zero-order valence-corrected chi connectivity index (χ0v) is 12.2. The molecular weight excluding hydrogens is 254 g/mol. The quantitative estimate of drug-likeness (QED) is 0.738. The molecule has 0 saturated heterocycles. The third-order valence-electron chi connectivity index (χ3n) is 3.69. The number of benzene rings is 1. The number of carbonyl (C=O) groups excluding carboxylic acids is 1. The summed E-state index contributed by atoms with van der Waals surface area (Å²) in [4.78, 5) is 12.0. The van der Waals surface area contributed by atoms with Crippen LogP contribution in [-0.2, 0) is 14.3 Å². The monoisotopic (exact) mass is 277 g/mol. The van der Waals surface area contributed by atoms with Gasteiger partial charge in [0.1, 0.15) is 0 Å². The van der Waals surface area contributed by atoms with Crippen molar-refractivity contribution < 1.29 is 14.3 Å². The third kappa shape index (κ3) is 4.05. The molecular formula is C16H23NO3. The smallest absolute Gasteiger partial charge is 0.223 e. The average molecular weight is 277 g/mol. The summed E-state index contributed by atoms with van der Waals surface area (Å²) in [5.74, 6) is 0.675. The normalized spacial score (nSPS) is 20.7. The maximum absolute atomic E-state index is 12.0. The van der Waals surface area contributed by atoms with Crippen LogP contribution >= 0.6 is 0 Å². The van der Waals surface area contributed by atoms with Crippen LogP contribution in [0.1, 0.15) is 23.5 Å². The van der Waals surface area contributed by atoms with Crippen LogP contribution in [0.15, 0.2) is 24.3 Å². The molecule has 1 fully saturated rings. The molecule has 0 radical (unpaired) electrons. The van der Waals surface area contributed by atoms with Gasteiger partial charge in [0, 0.05) is 19.6 Å². The molecule has 20 heavy (non-hydrogen) atoms. The molecule has 2 rings (SSSR count). The van der Waals surface area contributed by atoms with Crippen LogP contribution in [0, 0.1) is 12.8 Å². The summed E-state index contributed by atoms with van der Waals surface area (Å²) in [6.45, 7) is 4.37. The lowest BCUT2D eigenvalue weighted by Crippen LogP contribution is -2.29. The topological polar surface area (TPSA) is 47.6 Å². The van der Waals surface area contributed by atoms with Crippen LogP contribution < -0.4 is 5.32 Å². The Morgan fingerprint density at radius 1 is 1.30 bits per heavy atom. The van der Waals surface area contributed by atoms with Crippen LogP contribution in [0.25, 0.3) is 0 Å². The lowest BCUT2D eigenvalue weighted by Gasteiger charge is -2.07.